The number of nitrogens with zero attached hydrogens (tertiary/aromatic N) is 2. The molecule has 40 heavy (non-hydrogen) atoms. The highest BCUT2D eigenvalue weighted by Gasteiger charge is 2.32. The molecule has 1 saturated heterocycles. The minimum absolute atomic E-state index is 0.387. The number of piperidine rings is 1. The van der Waals surface area contributed by atoms with Crippen molar-refractivity contribution >= 4 is 11.5 Å². The Labute approximate surface area is 236 Å². The monoisotopic (exact) mass is 550 g/mol. The largest absolute Gasteiger partial charge is 0.416 e. The lowest BCUT2D eigenvalue weighted by molar-refractivity contribution is -0.137. The third-order valence-electron chi connectivity index (χ3n) is 8.56. The Morgan fingerprint density at radius 1 is 0.925 bits per heavy atom. The van der Waals surface area contributed by atoms with Gasteiger partial charge in [-0.15, -0.1) is 0 Å². The van der Waals surface area contributed by atoms with Gasteiger partial charge in [0.15, 0.2) is 0 Å². The number of anilines is 2. The van der Waals surface area contributed by atoms with Crippen LogP contribution in [0.1, 0.15) is 63.0 Å². The van der Waals surface area contributed by atoms with Gasteiger partial charge < -0.3 is 15.5 Å². The maximum atomic E-state index is 13.0. The molecular weight excluding hydrogens is 509 g/mol. The molecule has 0 bridgehead atoms. The molecule has 2 heterocycles. The fourth-order valence-electron chi connectivity index (χ4n) is 6.47. The van der Waals surface area contributed by atoms with Crippen molar-refractivity contribution < 1.29 is 13.2 Å². The first-order valence-corrected chi connectivity index (χ1v) is 14.8. The zero-order valence-electron chi connectivity index (χ0n) is 23.4. The average molecular weight is 551 g/mol. The Bertz CT molecular complexity index is 1230. The van der Waals surface area contributed by atoms with Gasteiger partial charge in [-0.25, -0.2) is 4.98 Å². The fraction of sp³-hybridized carbons (Fsp3) is 0.485. The van der Waals surface area contributed by atoms with Crippen molar-refractivity contribution in [2.24, 2.45) is 11.8 Å². The summed E-state index contributed by atoms with van der Waals surface area (Å²) in [7, 11) is 0. The fourth-order valence-corrected chi connectivity index (χ4v) is 6.47. The molecule has 2 aliphatic rings. The van der Waals surface area contributed by atoms with Gasteiger partial charge in [0.1, 0.15) is 5.82 Å². The summed E-state index contributed by atoms with van der Waals surface area (Å²) in [6.07, 6.45) is 5.83. The highest BCUT2D eigenvalue weighted by Crippen LogP contribution is 2.36. The lowest BCUT2D eigenvalue weighted by atomic mass is 9.77. The molecule has 2 aromatic carbocycles. The number of benzene rings is 2. The summed E-state index contributed by atoms with van der Waals surface area (Å²) in [4.78, 5) is 6.95. The van der Waals surface area contributed by atoms with Crippen LogP contribution in [-0.2, 0) is 12.7 Å². The van der Waals surface area contributed by atoms with Crippen LogP contribution in [-0.4, -0.2) is 30.7 Å². The van der Waals surface area contributed by atoms with E-state index < -0.39 is 11.7 Å². The second-order valence-corrected chi connectivity index (χ2v) is 11.4. The topological polar surface area (TPSA) is 40.2 Å². The van der Waals surface area contributed by atoms with Crippen LogP contribution in [0.3, 0.4) is 0 Å². The van der Waals surface area contributed by atoms with E-state index in [0.29, 0.717) is 17.9 Å². The van der Waals surface area contributed by atoms with Crippen molar-refractivity contribution in [3.8, 4) is 11.1 Å². The van der Waals surface area contributed by atoms with Gasteiger partial charge in [0.05, 0.1) is 5.56 Å². The Morgan fingerprint density at radius 2 is 1.73 bits per heavy atom. The summed E-state index contributed by atoms with van der Waals surface area (Å²) in [6, 6.07) is 19.0. The van der Waals surface area contributed by atoms with E-state index in [1.807, 2.05) is 6.20 Å². The number of hydrogen-bond donors (Lipinski definition) is 2. The maximum absolute atomic E-state index is 13.0. The van der Waals surface area contributed by atoms with Gasteiger partial charge in [-0.05, 0) is 110 Å². The van der Waals surface area contributed by atoms with Gasteiger partial charge >= 0.3 is 6.18 Å². The SMILES string of the molecule is CCNCc1cccc(-c2ccnc(N[C@@H]3CCCC[C@H]3C[C@H]3CCCN(c4ccc(C(F)(F)F)cc4)C3)c2)c1. The van der Waals surface area contributed by atoms with Crippen molar-refractivity contribution in [1.82, 2.24) is 10.3 Å². The van der Waals surface area contributed by atoms with E-state index >= 15 is 0 Å². The summed E-state index contributed by atoms with van der Waals surface area (Å²) in [5, 5.41) is 7.20. The highest BCUT2D eigenvalue weighted by atomic mass is 19.4. The standard InChI is InChI=1S/C33H41F3N4/c1-2-37-22-24-7-5-10-26(19-24)27-16-17-38-32(21-27)39-31-11-4-3-9-28(31)20-25-8-6-18-40(23-25)30-14-12-29(13-15-30)33(34,35)36/h5,7,10,12-17,19,21,25,28,31,37H,2-4,6,8-9,11,18,20,22-23H2,1H3,(H,38,39)/t25-,28+,31-/m1/s1. The molecule has 1 aromatic heterocycles. The van der Waals surface area contributed by atoms with E-state index in [1.165, 1.54) is 54.5 Å². The first-order valence-electron chi connectivity index (χ1n) is 14.8. The van der Waals surface area contributed by atoms with Gasteiger partial charge in [-0.1, -0.05) is 38.0 Å². The predicted octanol–water partition coefficient (Wildman–Crippen LogP) is 8.15. The third-order valence-corrected chi connectivity index (χ3v) is 8.56. The van der Waals surface area contributed by atoms with E-state index in [4.69, 9.17) is 0 Å². The molecule has 0 amide bonds. The first-order chi connectivity index (χ1) is 19.4. The molecule has 1 aliphatic carbocycles. The number of hydrogen-bond acceptors (Lipinski definition) is 4. The summed E-state index contributed by atoms with van der Waals surface area (Å²) >= 11 is 0. The number of pyridine rings is 1. The number of nitrogens with one attached hydrogen (secondary N) is 2. The summed E-state index contributed by atoms with van der Waals surface area (Å²) in [5.41, 5.74) is 3.96. The molecule has 5 rings (SSSR count). The zero-order chi connectivity index (χ0) is 28.0. The lowest BCUT2D eigenvalue weighted by Crippen LogP contribution is -2.39. The van der Waals surface area contributed by atoms with Crippen molar-refractivity contribution in [3.63, 3.8) is 0 Å². The first kappa shape index (κ1) is 28.5. The van der Waals surface area contributed by atoms with E-state index in [9.17, 15) is 13.2 Å². The molecule has 2 fully saturated rings. The van der Waals surface area contributed by atoms with Gasteiger partial charge in [0, 0.05) is 37.6 Å². The Balaban J connectivity index is 1.22. The molecule has 0 unspecified atom stereocenters. The Hall–Kier alpha value is -3.06. The molecule has 0 spiro atoms. The summed E-state index contributed by atoms with van der Waals surface area (Å²) < 4.78 is 39.0. The quantitative estimate of drug-likeness (QED) is 0.282. The van der Waals surface area contributed by atoms with Crippen LogP contribution in [0.4, 0.5) is 24.7 Å². The van der Waals surface area contributed by atoms with Crippen LogP contribution in [0.15, 0.2) is 66.9 Å². The second kappa shape index (κ2) is 13.1. The lowest BCUT2D eigenvalue weighted by Gasteiger charge is -2.39. The number of halogens is 3. The second-order valence-electron chi connectivity index (χ2n) is 11.4. The minimum atomic E-state index is -4.30. The van der Waals surface area contributed by atoms with Gasteiger partial charge in [-0.2, -0.15) is 13.2 Å². The smallest absolute Gasteiger partial charge is 0.371 e. The molecule has 1 aliphatic heterocycles. The molecule has 2 N–H and O–H groups in total. The number of alkyl halides is 3. The van der Waals surface area contributed by atoms with Crippen LogP contribution < -0.4 is 15.5 Å². The van der Waals surface area contributed by atoms with Crippen LogP contribution in [0.5, 0.6) is 0 Å². The molecule has 7 heteroatoms. The van der Waals surface area contributed by atoms with E-state index in [-0.39, 0.29) is 0 Å². The molecule has 4 nitrogen and oxygen atoms in total. The van der Waals surface area contributed by atoms with Crippen molar-refractivity contribution in [1.29, 1.82) is 0 Å². The molecule has 3 aromatic rings. The van der Waals surface area contributed by atoms with Crippen LogP contribution in [0.2, 0.25) is 0 Å². The molecule has 3 atom stereocenters. The maximum Gasteiger partial charge on any atom is 0.416 e. The van der Waals surface area contributed by atoms with Crippen molar-refractivity contribution in [2.45, 2.75) is 70.6 Å². The third kappa shape index (κ3) is 7.36. The average Bonchev–Trinajstić information content (AvgIpc) is 2.97. The molecule has 0 radical (unpaired) electrons. The summed E-state index contributed by atoms with van der Waals surface area (Å²) in [5.74, 6) is 2.05. The van der Waals surface area contributed by atoms with E-state index in [1.54, 1.807) is 12.1 Å². The van der Waals surface area contributed by atoms with Gasteiger partial charge in [0.25, 0.3) is 0 Å². The highest BCUT2D eigenvalue weighted by molar-refractivity contribution is 5.67. The Kier molecular flexibility index (Phi) is 9.30. The van der Waals surface area contributed by atoms with Crippen LogP contribution in [0, 0.1) is 11.8 Å². The predicted molar refractivity (Wildman–Crippen MR) is 157 cm³/mol. The Morgan fingerprint density at radius 3 is 2.52 bits per heavy atom. The normalized spacial score (nSPS) is 21.8. The van der Waals surface area contributed by atoms with Crippen LogP contribution in [0.25, 0.3) is 11.1 Å². The zero-order valence-corrected chi connectivity index (χ0v) is 23.4. The minimum Gasteiger partial charge on any atom is -0.371 e. The molecule has 1 saturated carbocycles. The summed E-state index contributed by atoms with van der Waals surface area (Å²) in [6.45, 7) is 5.74. The molecule has 214 valence electrons. The van der Waals surface area contributed by atoms with Crippen molar-refractivity contribution in [2.75, 3.05) is 29.9 Å². The van der Waals surface area contributed by atoms with E-state index in [2.05, 4.69) is 63.8 Å². The molecular formula is C33H41F3N4. The van der Waals surface area contributed by atoms with Gasteiger partial charge in [-0.3, -0.25) is 0 Å². The van der Waals surface area contributed by atoms with Crippen molar-refractivity contribution in [3.05, 3.63) is 78.0 Å². The van der Waals surface area contributed by atoms with Gasteiger partial charge in [0.2, 0.25) is 0 Å². The number of aromatic nitrogens is 1. The van der Waals surface area contributed by atoms with E-state index in [0.717, 1.165) is 56.9 Å². The number of rotatable bonds is 9. The van der Waals surface area contributed by atoms with Crippen LogP contribution >= 0.6 is 0 Å².